The smallest absolute Gasteiger partial charge is 0.346 e. The van der Waals surface area contributed by atoms with E-state index in [0.717, 1.165) is 29.0 Å². The maximum absolute atomic E-state index is 13.1. The second-order valence-electron chi connectivity index (χ2n) is 8.07. The van der Waals surface area contributed by atoms with E-state index >= 15 is 0 Å². The van der Waals surface area contributed by atoms with Crippen molar-refractivity contribution in [3.63, 3.8) is 0 Å². The highest BCUT2D eigenvalue weighted by atomic mass is 35.5. The Labute approximate surface area is 242 Å². The topological polar surface area (TPSA) is 108 Å². The molecular weight excluding hydrogens is 588 g/mol. The molecule has 0 unspecified atom stereocenters. The van der Waals surface area contributed by atoms with Crippen LogP contribution in [-0.4, -0.2) is 34.2 Å². The number of alkyl halides is 3. The van der Waals surface area contributed by atoms with Crippen LogP contribution in [0.5, 0.6) is 0 Å². The summed E-state index contributed by atoms with van der Waals surface area (Å²) >= 11 is 13.0. The Morgan fingerprint density at radius 1 is 1.20 bits per heavy atom. The van der Waals surface area contributed by atoms with Gasteiger partial charge in [-0.15, -0.1) is 11.3 Å². The number of aromatic nitrogens is 2. The summed E-state index contributed by atoms with van der Waals surface area (Å²) < 4.78 is 39.3. The number of carbonyl (C=O) groups excluding carboxylic acids is 2. The summed E-state index contributed by atoms with van der Waals surface area (Å²) in [6.45, 7) is 5.54. The molecule has 0 bridgehead atoms. The van der Waals surface area contributed by atoms with E-state index in [1.165, 1.54) is 25.4 Å². The molecule has 0 spiro atoms. The zero-order chi connectivity index (χ0) is 29.3. The summed E-state index contributed by atoms with van der Waals surface area (Å²) in [5.74, 6) is -0.866. The molecule has 2 amide bonds. The minimum absolute atomic E-state index is 0.0130. The van der Waals surface area contributed by atoms with Crippen LogP contribution < -0.4 is 16.0 Å². The van der Waals surface area contributed by atoms with Gasteiger partial charge in [0.25, 0.3) is 5.91 Å². The van der Waals surface area contributed by atoms with Crippen LogP contribution in [0.4, 0.5) is 18.9 Å². The predicted octanol–water partition coefficient (Wildman–Crippen LogP) is 5.97. The number of pyridine rings is 1. The molecule has 14 heteroatoms. The van der Waals surface area contributed by atoms with Gasteiger partial charge in [0, 0.05) is 30.2 Å². The van der Waals surface area contributed by atoms with Crippen molar-refractivity contribution in [1.82, 2.24) is 20.6 Å². The highest BCUT2D eigenvalue weighted by Gasteiger charge is 2.33. The first kappa shape index (κ1) is 30.8. The Hall–Kier alpha value is -3.74. The lowest BCUT2D eigenvalue weighted by Gasteiger charge is -2.11. The van der Waals surface area contributed by atoms with Gasteiger partial charge in [0.2, 0.25) is 5.91 Å². The normalized spacial score (nSPS) is 12.4. The van der Waals surface area contributed by atoms with Gasteiger partial charge in [-0.1, -0.05) is 29.8 Å². The van der Waals surface area contributed by atoms with Crippen LogP contribution in [0.3, 0.4) is 0 Å². The summed E-state index contributed by atoms with van der Waals surface area (Å²) in [5, 5.41) is 7.92. The van der Waals surface area contributed by atoms with Gasteiger partial charge in [-0.25, -0.2) is 4.98 Å². The number of anilines is 1. The van der Waals surface area contributed by atoms with E-state index in [4.69, 9.17) is 23.2 Å². The molecule has 3 rings (SSSR count). The molecular formula is C26H23Cl2F3N6O2S. The Morgan fingerprint density at radius 2 is 1.93 bits per heavy atom. The summed E-state index contributed by atoms with van der Waals surface area (Å²) in [5.41, 5.74) is 0.0946. The molecule has 0 fully saturated rings. The zero-order valence-electron chi connectivity index (χ0n) is 21.0. The van der Waals surface area contributed by atoms with Crippen LogP contribution in [-0.2, 0) is 23.9 Å². The fourth-order valence-corrected chi connectivity index (χ4v) is 4.37. The predicted molar refractivity (Wildman–Crippen MR) is 150 cm³/mol. The molecule has 0 radical (unpaired) electrons. The lowest BCUT2D eigenvalue weighted by molar-refractivity contribution is -0.137. The van der Waals surface area contributed by atoms with Gasteiger partial charge in [-0.3, -0.25) is 19.6 Å². The number of aliphatic imine (C=N–C) groups is 1. The van der Waals surface area contributed by atoms with E-state index in [-0.39, 0.29) is 33.6 Å². The van der Waals surface area contributed by atoms with Crippen molar-refractivity contribution in [2.24, 2.45) is 4.99 Å². The summed E-state index contributed by atoms with van der Waals surface area (Å²) in [4.78, 5) is 37.9. The van der Waals surface area contributed by atoms with Crippen molar-refractivity contribution in [2.75, 3.05) is 11.9 Å². The average molecular weight is 611 g/mol. The first-order valence-corrected chi connectivity index (χ1v) is 13.2. The fraction of sp³-hybridized carbons (Fsp3) is 0.192. The Morgan fingerprint density at radius 3 is 2.60 bits per heavy atom. The van der Waals surface area contributed by atoms with Crippen LogP contribution >= 0.6 is 34.5 Å². The van der Waals surface area contributed by atoms with Crippen molar-refractivity contribution in [1.29, 1.82) is 0 Å². The van der Waals surface area contributed by atoms with Crippen molar-refractivity contribution in [3.05, 3.63) is 98.3 Å². The Balaban J connectivity index is 1.61. The molecule has 210 valence electrons. The third kappa shape index (κ3) is 8.63. The fourth-order valence-electron chi connectivity index (χ4n) is 3.20. The van der Waals surface area contributed by atoms with Gasteiger partial charge in [-0.2, -0.15) is 13.2 Å². The maximum atomic E-state index is 13.1. The van der Waals surface area contributed by atoms with Gasteiger partial charge >= 0.3 is 6.18 Å². The van der Waals surface area contributed by atoms with Crippen molar-refractivity contribution >= 4 is 57.9 Å². The largest absolute Gasteiger partial charge is 0.417 e. The lowest BCUT2D eigenvalue weighted by Crippen LogP contribution is -2.27. The van der Waals surface area contributed by atoms with Crippen molar-refractivity contribution in [3.8, 4) is 0 Å². The molecule has 2 aromatic heterocycles. The number of thiazole rings is 1. The van der Waals surface area contributed by atoms with E-state index in [0.29, 0.717) is 18.0 Å². The summed E-state index contributed by atoms with van der Waals surface area (Å²) in [6.07, 6.45) is 2.01. The molecule has 0 saturated heterocycles. The first-order chi connectivity index (χ1) is 19.0. The van der Waals surface area contributed by atoms with Crippen LogP contribution in [0, 0.1) is 0 Å². The number of rotatable bonds is 10. The third-order valence-corrected chi connectivity index (χ3v) is 7.03. The average Bonchev–Trinajstić information content (AvgIpc) is 3.41. The van der Waals surface area contributed by atoms with Gasteiger partial charge in [0.15, 0.2) is 0 Å². The minimum atomic E-state index is -4.67. The number of amidine groups is 1. The molecule has 3 N–H and O–H groups in total. The van der Waals surface area contributed by atoms with E-state index < -0.39 is 28.6 Å². The first-order valence-electron chi connectivity index (χ1n) is 11.6. The molecule has 40 heavy (non-hydrogen) atoms. The SMILES string of the molecule is C=CNC(=NCCc1ccncc1)/C(Cl)=C(\C)C(=O)NCc1ncc(C(=O)Nc2ccc(Cl)c(C(F)(F)F)c2)s1. The van der Waals surface area contributed by atoms with Gasteiger partial charge in [-0.05, 0) is 55.4 Å². The molecule has 0 aliphatic rings. The van der Waals surface area contributed by atoms with E-state index in [2.05, 4.69) is 37.5 Å². The molecule has 2 heterocycles. The highest BCUT2D eigenvalue weighted by molar-refractivity contribution is 7.13. The molecule has 0 aliphatic heterocycles. The number of benzene rings is 1. The minimum Gasteiger partial charge on any atom is -0.346 e. The molecule has 1 aromatic carbocycles. The Kier molecular flexibility index (Phi) is 10.8. The van der Waals surface area contributed by atoms with Crippen LogP contribution in [0.25, 0.3) is 0 Å². The molecule has 3 aromatic rings. The number of carbonyl (C=O) groups is 2. The van der Waals surface area contributed by atoms with Crippen LogP contribution in [0.1, 0.15) is 32.7 Å². The Bertz CT molecular complexity index is 1440. The van der Waals surface area contributed by atoms with Crippen molar-refractivity contribution < 1.29 is 22.8 Å². The summed E-state index contributed by atoms with van der Waals surface area (Å²) in [7, 11) is 0. The van der Waals surface area contributed by atoms with E-state index in [1.807, 2.05) is 12.1 Å². The molecule has 8 nitrogen and oxygen atoms in total. The van der Waals surface area contributed by atoms with Gasteiger partial charge < -0.3 is 16.0 Å². The van der Waals surface area contributed by atoms with E-state index in [9.17, 15) is 22.8 Å². The van der Waals surface area contributed by atoms with Gasteiger partial charge in [0.1, 0.15) is 15.7 Å². The number of nitrogens with one attached hydrogen (secondary N) is 3. The summed E-state index contributed by atoms with van der Waals surface area (Å²) in [6, 6.07) is 6.81. The van der Waals surface area contributed by atoms with Crippen LogP contribution in [0.2, 0.25) is 5.02 Å². The monoisotopic (exact) mass is 610 g/mol. The number of amides is 2. The molecule has 0 atom stereocenters. The number of nitrogens with zero attached hydrogens (tertiary/aromatic N) is 3. The number of hydrogen-bond acceptors (Lipinski definition) is 6. The zero-order valence-corrected chi connectivity index (χ0v) is 23.3. The number of hydrogen-bond donors (Lipinski definition) is 3. The standard InChI is InChI=1S/C26H23Cl2F3N6O2S/c1-3-33-23(34-11-8-16-6-9-32-10-7-16)22(28)15(2)24(38)36-14-21-35-13-20(40-21)25(39)37-17-4-5-19(27)18(12-17)26(29,30)31/h3-7,9-10,12-13H,1,8,11,14H2,2H3,(H,33,34)(H,36,38)(H,37,39)/b22-15-. The maximum Gasteiger partial charge on any atom is 0.417 e. The quantitative estimate of drug-likeness (QED) is 0.149. The van der Waals surface area contributed by atoms with Crippen molar-refractivity contribution in [2.45, 2.75) is 26.1 Å². The second kappa shape index (κ2) is 14.1. The molecule has 0 saturated carbocycles. The lowest BCUT2D eigenvalue weighted by atomic mass is 10.2. The van der Waals surface area contributed by atoms with E-state index in [1.54, 1.807) is 12.4 Å². The van der Waals surface area contributed by atoms with Gasteiger partial charge in [0.05, 0.1) is 28.4 Å². The number of halogens is 5. The third-order valence-electron chi connectivity index (χ3n) is 5.24. The molecule has 0 aliphatic carbocycles. The second-order valence-corrected chi connectivity index (χ2v) is 9.97. The highest BCUT2D eigenvalue weighted by Crippen LogP contribution is 2.36. The van der Waals surface area contributed by atoms with Crippen LogP contribution in [0.15, 0.2) is 77.3 Å².